The number of aliphatic hydroxyl groups excluding tert-OH is 1. The fourth-order valence-electron chi connectivity index (χ4n) is 1.44. The third-order valence-corrected chi connectivity index (χ3v) is 2.96. The quantitative estimate of drug-likeness (QED) is 0.844. The van der Waals surface area contributed by atoms with E-state index in [1.165, 1.54) is 0 Å². The first-order valence-corrected chi connectivity index (χ1v) is 5.99. The van der Waals surface area contributed by atoms with Gasteiger partial charge in [-0.3, -0.25) is 4.90 Å². The van der Waals surface area contributed by atoms with Crippen LogP contribution in [-0.2, 0) is 0 Å². The van der Waals surface area contributed by atoms with Crippen LogP contribution in [0.4, 0.5) is 0 Å². The highest BCUT2D eigenvalue weighted by Gasteiger charge is 2.11. The van der Waals surface area contributed by atoms with E-state index in [2.05, 4.69) is 22.0 Å². The van der Waals surface area contributed by atoms with Crippen LogP contribution < -0.4 is 0 Å². The highest BCUT2D eigenvalue weighted by molar-refractivity contribution is 9.10. The minimum Gasteiger partial charge on any atom is -0.387 e. The van der Waals surface area contributed by atoms with Crippen molar-refractivity contribution in [3.05, 3.63) is 34.3 Å². The second-order valence-electron chi connectivity index (χ2n) is 3.55. The van der Waals surface area contributed by atoms with Gasteiger partial charge in [0.2, 0.25) is 0 Å². The number of hydrogen-bond donors (Lipinski definition) is 1. The van der Waals surface area contributed by atoms with E-state index < -0.39 is 6.10 Å². The summed E-state index contributed by atoms with van der Waals surface area (Å²) in [5.74, 6) is 0. The molecule has 0 spiro atoms. The van der Waals surface area contributed by atoms with E-state index in [1.54, 1.807) is 0 Å². The first-order valence-electron chi connectivity index (χ1n) is 5.20. The average molecular weight is 283 g/mol. The molecule has 0 amide bonds. The number of benzene rings is 1. The van der Waals surface area contributed by atoms with Crippen molar-refractivity contribution < 1.29 is 5.11 Å². The van der Waals surface area contributed by atoms with E-state index in [-0.39, 0.29) is 0 Å². The van der Waals surface area contributed by atoms with Crippen molar-refractivity contribution in [2.24, 2.45) is 0 Å². The van der Waals surface area contributed by atoms with E-state index in [4.69, 9.17) is 5.26 Å². The summed E-state index contributed by atoms with van der Waals surface area (Å²) in [6.07, 6.45) is -0.540. The van der Waals surface area contributed by atoms with E-state index in [0.29, 0.717) is 13.1 Å². The Bertz CT molecular complexity index is 358. The monoisotopic (exact) mass is 282 g/mol. The number of hydrogen-bond acceptors (Lipinski definition) is 3. The zero-order valence-corrected chi connectivity index (χ0v) is 10.8. The Labute approximate surface area is 104 Å². The van der Waals surface area contributed by atoms with Crippen LogP contribution in [0, 0.1) is 11.3 Å². The minimum absolute atomic E-state index is 0.351. The fourth-order valence-corrected chi connectivity index (χ4v) is 1.70. The van der Waals surface area contributed by atoms with Crippen LogP contribution >= 0.6 is 15.9 Å². The topological polar surface area (TPSA) is 47.3 Å². The maximum atomic E-state index is 9.97. The molecule has 16 heavy (non-hydrogen) atoms. The van der Waals surface area contributed by atoms with Gasteiger partial charge < -0.3 is 5.11 Å². The predicted molar refractivity (Wildman–Crippen MR) is 66.8 cm³/mol. The number of nitrogens with zero attached hydrogens (tertiary/aromatic N) is 2. The minimum atomic E-state index is -0.540. The third-order valence-electron chi connectivity index (χ3n) is 2.43. The number of halogens is 1. The summed E-state index contributed by atoms with van der Waals surface area (Å²) in [5, 5.41) is 18.6. The molecule has 1 rings (SSSR count). The molecule has 86 valence electrons. The largest absolute Gasteiger partial charge is 0.387 e. The van der Waals surface area contributed by atoms with Gasteiger partial charge in [-0.15, -0.1) is 0 Å². The van der Waals surface area contributed by atoms with Gasteiger partial charge in [0, 0.05) is 11.0 Å². The lowest BCUT2D eigenvalue weighted by Crippen LogP contribution is -2.28. The molecule has 0 fully saturated rings. The molecule has 1 unspecified atom stereocenters. The lowest BCUT2D eigenvalue weighted by atomic mass is 10.1. The Morgan fingerprint density at radius 1 is 1.44 bits per heavy atom. The number of aliphatic hydroxyl groups is 1. The Kier molecular flexibility index (Phi) is 5.47. The van der Waals surface area contributed by atoms with Gasteiger partial charge in [0.1, 0.15) is 0 Å². The maximum absolute atomic E-state index is 9.97. The van der Waals surface area contributed by atoms with Crippen molar-refractivity contribution in [1.29, 1.82) is 5.26 Å². The molecule has 0 aliphatic rings. The normalized spacial score (nSPS) is 12.4. The first kappa shape index (κ1) is 13.2. The van der Waals surface area contributed by atoms with Crippen LogP contribution in [0.1, 0.15) is 18.6 Å². The van der Waals surface area contributed by atoms with E-state index >= 15 is 0 Å². The van der Waals surface area contributed by atoms with Crippen LogP contribution in [-0.4, -0.2) is 29.6 Å². The fraction of sp³-hybridized carbons (Fsp3) is 0.417. The summed E-state index contributed by atoms with van der Waals surface area (Å²) in [6.45, 7) is 3.59. The first-order chi connectivity index (χ1) is 7.67. The molecule has 1 N–H and O–H groups in total. The molecule has 0 aliphatic carbocycles. The highest BCUT2D eigenvalue weighted by atomic mass is 79.9. The predicted octanol–water partition coefficient (Wildman–Crippen LogP) is 2.33. The second-order valence-corrected chi connectivity index (χ2v) is 4.47. The summed E-state index contributed by atoms with van der Waals surface area (Å²) in [7, 11) is 0. The highest BCUT2D eigenvalue weighted by Crippen LogP contribution is 2.17. The summed E-state index contributed by atoms with van der Waals surface area (Å²) in [4.78, 5) is 1.91. The van der Waals surface area contributed by atoms with Crippen molar-refractivity contribution in [3.8, 4) is 6.07 Å². The Morgan fingerprint density at radius 2 is 2.06 bits per heavy atom. The molecule has 0 aromatic heterocycles. The molecule has 3 nitrogen and oxygen atoms in total. The number of likely N-dealkylation sites (N-methyl/N-ethyl adjacent to an activating group) is 1. The Balaban J connectivity index is 2.60. The van der Waals surface area contributed by atoms with Crippen LogP contribution in [0.3, 0.4) is 0 Å². The summed E-state index contributed by atoms with van der Waals surface area (Å²) in [5.41, 5.74) is 0.875. The molecule has 0 saturated carbocycles. The molecule has 0 heterocycles. The van der Waals surface area contributed by atoms with E-state index in [1.807, 2.05) is 36.1 Å². The Hall–Kier alpha value is -0.890. The van der Waals surface area contributed by atoms with Crippen molar-refractivity contribution >= 4 is 15.9 Å². The zero-order chi connectivity index (χ0) is 12.0. The van der Waals surface area contributed by atoms with Gasteiger partial charge in [-0.1, -0.05) is 35.0 Å². The maximum Gasteiger partial charge on any atom is 0.0917 e. The lowest BCUT2D eigenvalue weighted by molar-refractivity contribution is 0.123. The molecule has 0 bridgehead atoms. The number of rotatable bonds is 5. The van der Waals surface area contributed by atoms with Gasteiger partial charge in [-0.05, 0) is 24.2 Å². The molecule has 0 saturated heterocycles. The smallest absolute Gasteiger partial charge is 0.0917 e. The molecule has 1 aromatic carbocycles. The lowest BCUT2D eigenvalue weighted by Gasteiger charge is -2.20. The van der Waals surface area contributed by atoms with Gasteiger partial charge in [0.15, 0.2) is 0 Å². The average Bonchev–Trinajstić information content (AvgIpc) is 2.29. The Morgan fingerprint density at radius 3 is 2.56 bits per heavy atom. The van der Waals surface area contributed by atoms with Crippen LogP contribution in [0.15, 0.2) is 28.7 Å². The molecule has 1 atom stereocenters. The van der Waals surface area contributed by atoms with Gasteiger partial charge in [0.25, 0.3) is 0 Å². The molecule has 1 aromatic rings. The zero-order valence-electron chi connectivity index (χ0n) is 9.23. The second kappa shape index (κ2) is 6.64. The van der Waals surface area contributed by atoms with Gasteiger partial charge in [-0.25, -0.2) is 0 Å². The standard InChI is InChI=1S/C12H15BrN2O/c1-2-15(8-7-14)9-12(16)10-3-5-11(13)6-4-10/h3-6,12,16H,2,8-9H2,1H3. The van der Waals surface area contributed by atoms with Crippen LogP contribution in [0.2, 0.25) is 0 Å². The SMILES string of the molecule is CCN(CC#N)CC(O)c1ccc(Br)cc1. The molecule has 4 heteroatoms. The summed E-state index contributed by atoms with van der Waals surface area (Å²) >= 11 is 3.35. The third kappa shape index (κ3) is 3.93. The molecule has 0 radical (unpaired) electrons. The van der Waals surface area contributed by atoms with E-state index in [0.717, 1.165) is 16.6 Å². The van der Waals surface area contributed by atoms with Crippen LogP contribution in [0.5, 0.6) is 0 Å². The van der Waals surface area contributed by atoms with E-state index in [9.17, 15) is 5.11 Å². The van der Waals surface area contributed by atoms with Gasteiger partial charge in [-0.2, -0.15) is 5.26 Å². The van der Waals surface area contributed by atoms with Gasteiger partial charge in [0.05, 0.1) is 18.7 Å². The van der Waals surface area contributed by atoms with Crippen molar-refractivity contribution in [3.63, 3.8) is 0 Å². The van der Waals surface area contributed by atoms with Crippen molar-refractivity contribution in [1.82, 2.24) is 4.90 Å². The van der Waals surface area contributed by atoms with Crippen molar-refractivity contribution in [2.75, 3.05) is 19.6 Å². The molecule has 0 aliphatic heterocycles. The van der Waals surface area contributed by atoms with Crippen molar-refractivity contribution in [2.45, 2.75) is 13.0 Å². The summed E-state index contributed by atoms with van der Waals surface area (Å²) < 4.78 is 0.993. The van der Waals surface area contributed by atoms with Crippen LogP contribution in [0.25, 0.3) is 0 Å². The number of nitriles is 1. The summed E-state index contributed by atoms with van der Waals surface area (Å²) in [6, 6.07) is 9.66. The molecular formula is C12H15BrN2O. The van der Waals surface area contributed by atoms with Gasteiger partial charge >= 0.3 is 0 Å². The molecular weight excluding hydrogens is 268 g/mol.